The van der Waals surface area contributed by atoms with Crippen LogP contribution in [0.4, 0.5) is 4.79 Å². The molecule has 1 amide bonds. The first-order valence-corrected chi connectivity index (χ1v) is 9.95. The summed E-state index contributed by atoms with van der Waals surface area (Å²) in [6, 6.07) is 8.18. The average molecular weight is 404 g/mol. The lowest BCUT2D eigenvalue weighted by atomic mass is 9.85. The van der Waals surface area contributed by atoms with E-state index in [4.69, 9.17) is 9.47 Å². The number of nitrogens with one attached hydrogen (secondary N) is 1. The third kappa shape index (κ3) is 5.69. The maximum Gasteiger partial charge on any atom is 0.408 e. The van der Waals surface area contributed by atoms with Gasteiger partial charge in [-0.3, -0.25) is 0 Å². The molecule has 1 unspecified atom stereocenters. The van der Waals surface area contributed by atoms with Gasteiger partial charge in [-0.1, -0.05) is 62.9 Å². The number of methoxy groups -OCH3 is 1. The third-order valence-electron chi connectivity index (χ3n) is 3.97. The second-order valence-corrected chi connectivity index (χ2v) is 7.84. The predicted octanol–water partition coefficient (Wildman–Crippen LogP) is 3.64. The van der Waals surface area contributed by atoms with Gasteiger partial charge >= 0.3 is 12.1 Å². The normalized spacial score (nSPS) is 12.2. The fraction of sp³-hybridized carbons (Fsp3) is 0.400. The van der Waals surface area contributed by atoms with Crippen LogP contribution in [0.3, 0.4) is 0 Å². The molecular weight excluding hydrogens is 378 g/mol. The summed E-state index contributed by atoms with van der Waals surface area (Å²) in [4.78, 5) is 33.6. The first-order valence-electron chi connectivity index (χ1n) is 8.72. The lowest BCUT2D eigenvalue weighted by Crippen LogP contribution is -2.37. The van der Waals surface area contributed by atoms with Crippen molar-refractivity contribution < 1.29 is 19.1 Å². The Morgan fingerprint density at radius 2 is 1.89 bits per heavy atom. The van der Waals surface area contributed by atoms with Gasteiger partial charge in [0.2, 0.25) is 0 Å². The number of alkyl carbamates (subject to hydrolysis) is 1. The van der Waals surface area contributed by atoms with Crippen molar-refractivity contribution in [2.75, 3.05) is 13.4 Å². The van der Waals surface area contributed by atoms with E-state index in [0.29, 0.717) is 10.9 Å². The Labute approximate surface area is 169 Å². The van der Waals surface area contributed by atoms with Gasteiger partial charge in [0, 0.05) is 11.8 Å². The quantitative estimate of drug-likeness (QED) is 0.447. The van der Waals surface area contributed by atoms with E-state index in [1.165, 1.54) is 18.9 Å². The Kier molecular flexibility index (Phi) is 7.39. The second-order valence-electron chi connectivity index (χ2n) is 7.07. The predicted molar refractivity (Wildman–Crippen MR) is 107 cm³/mol. The van der Waals surface area contributed by atoms with Crippen molar-refractivity contribution >= 4 is 23.8 Å². The molecule has 0 spiro atoms. The van der Waals surface area contributed by atoms with Gasteiger partial charge in [-0.15, -0.1) is 0 Å². The molecule has 28 heavy (non-hydrogen) atoms. The number of carbonyl (C=O) groups excluding carboxylic acids is 2. The molecule has 1 aromatic heterocycles. The summed E-state index contributed by atoms with van der Waals surface area (Å²) in [6.45, 7) is 6.04. The maximum atomic E-state index is 12.4. The van der Waals surface area contributed by atoms with Gasteiger partial charge < -0.3 is 14.8 Å². The van der Waals surface area contributed by atoms with Crippen LogP contribution < -0.4 is 5.32 Å². The Bertz CT molecular complexity index is 822. The number of nitrogens with zero attached hydrogens (tertiary/aromatic N) is 2. The number of rotatable bonds is 6. The van der Waals surface area contributed by atoms with E-state index in [9.17, 15) is 9.59 Å². The minimum absolute atomic E-state index is 0.0898. The molecule has 0 aliphatic rings. The van der Waals surface area contributed by atoms with E-state index in [0.717, 1.165) is 11.1 Å². The molecule has 0 saturated carbocycles. The standard InChI is InChI=1S/C20H25N3O4S/c1-20(2,3)14-11-21-18(28-5)22-15(14)16(17(24)26-4)23-19(25)27-12-13-9-7-6-8-10-13/h6-11,16H,12H2,1-5H3,(H,23,25). The first kappa shape index (κ1) is 21.7. The van der Waals surface area contributed by atoms with Crippen LogP contribution in [0, 0.1) is 0 Å². The minimum atomic E-state index is -1.10. The summed E-state index contributed by atoms with van der Waals surface area (Å²) in [5.74, 6) is -0.632. The number of amides is 1. The molecule has 8 heteroatoms. The lowest BCUT2D eigenvalue weighted by Gasteiger charge is -2.25. The van der Waals surface area contributed by atoms with Gasteiger partial charge in [-0.05, 0) is 17.2 Å². The van der Waals surface area contributed by atoms with Crippen molar-refractivity contribution in [2.45, 2.75) is 44.0 Å². The number of carbonyl (C=O) groups is 2. The van der Waals surface area contributed by atoms with E-state index >= 15 is 0 Å². The highest BCUT2D eigenvalue weighted by Crippen LogP contribution is 2.30. The van der Waals surface area contributed by atoms with Crippen molar-refractivity contribution in [3.8, 4) is 0 Å². The van der Waals surface area contributed by atoms with Crippen LogP contribution in [0.15, 0.2) is 41.7 Å². The Hall–Kier alpha value is -2.61. The fourth-order valence-electron chi connectivity index (χ4n) is 2.51. The molecule has 2 aromatic rings. The summed E-state index contributed by atoms with van der Waals surface area (Å²) < 4.78 is 10.1. The molecular formula is C20H25N3O4S. The van der Waals surface area contributed by atoms with Crippen LogP contribution in [0.25, 0.3) is 0 Å². The van der Waals surface area contributed by atoms with Crippen LogP contribution >= 0.6 is 11.8 Å². The summed E-state index contributed by atoms with van der Waals surface area (Å²) in [5.41, 5.74) is 1.64. The molecule has 150 valence electrons. The van der Waals surface area contributed by atoms with E-state index in [1.54, 1.807) is 6.20 Å². The van der Waals surface area contributed by atoms with E-state index < -0.39 is 18.1 Å². The molecule has 1 atom stereocenters. The maximum absolute atomic E-state index is 12.4. The van der Waals surface area contributed by atoms with Crippen molar-refractivity contribution in [1.29, 1.82) is 0 Å². The summed E-state index contributed by atoms with van der Waals surface area (Å²) in [7, 11) is 1.26. The first-order chi connectivity index (χ1) is 13.3. The van der Waals surface area contributed by atoms with Crippen LogP contribution in [-0.4, -0.2) is 35.4 Å². The number of thioether (sulfide) groups is 1. The largest absolute Gasteiger partial charge is 0.467 e. The molecule has 1 aromatic carbocycles. The number of ether oxygens (including phenoxy) is 2. The minimum Gasteiger partial charge on any atom is -0.467 e. The molecule has 1 heterocycles. The van der Waals surface area contributed by atoms with Gasteiger partial charge in [0.05, 0.1) is 12.8 Å². The number of aromatic nitrogens is 2. The smallest absolute Gasteiger partial charge is 0.408 e. The number of hydrogen-bond acceptors (Lipinski definition) is 7. The Morgan fingerprint density at radius 1 is 1.21 bits per heavy atom. The molecule has 0 bridgehead atoms. The van der Waals surface area contributed by atoms with Crippen molar-refractivity contribution in [3.05, 3.63) is 53.3 Å². The zero-order chi connectivity index (χ0) is 20.7. The van der Waals surface area contributed by atoms with Gasteiger partial charge in [0.15, 0.2) is 11.2 Å². The monoisotopic (exact) mass is 403 g/mol. The van der Waals surface area contributed by atoms with Gasteiger partial charge in [-0.25, -0.2) is 19.6 Å². The average Bonchev–Trinajstić information content (AvgIpc) is 2.69. The highest BCUT2D eigenvalue weighted by Gasteiger charge is 2.32. The highest BCUT2D eigenvalue weighted by atomic mass is 32.2. The Balaban J connectivity index is 2.28. The second kappa shape index (κ2) is 9.54. The molecule has 0 saturated heterocycles. The Morgan fingerprint density at radius 3 is 2.46 bits per heavy atom. The van der Waals surface area contributed by atoms with E-state index in [2.05, 4.69) is 15.3 Å². The number of hydrogen-bond donors (Lipinski definition) is 1. The van der Waals surface area contributed by atoms with E-state index in [1.807, 2.05) is 57.4 Å². The third-order valence-corrected chi connectivity index (χ3v) is 4.53. The van der Waals surface area contributed by atoms with Gasteiger partial charge in [0.25, 0.3) is 0 Å². The number of benzene rings is 1. The van der Waals surface area contributed by atoms with E-state index in [-0.39, 0.29) is 12.0 Å². The molecule has 0 radical (unpaired) electrons. The van der Waals surface area contributed by atoms with Crippen LogP contribution in [0.1, 0.15) is 43.6 Å². The SMILES string of the molecule is COC(=O)C(NC(=O)OCc1ccccc1)c1nc(SC)ncc1C(C)(C)C. The lowest BCUT2D eigenvalue weighted by molar-refractivity contribution is -0.143. The van der Waals surface area contributed by atoms with Crippen molar-refractivity contribution in [2.24, 2.45) is 0 Å². The van der Waals surface area contributed by atoms with Gasteiger partial charge in [0.1, 0.15) is 6.61 Å². The molecule has 1 N–H and O–H groups in total. The molecule has 0 fully saturated rings. The summed E-state index contributed by atoms with van der Waals surface area (Å²) >= 11 is 1.35. The van der Waals surface area contributed by atoms with Crippen LogP contribution in [0.2, 0.25) is 0 Å². The zero-order valence-corrected chi connectivity index (χ0v) is 17.5. The molecule has 0 aliphatic heterocycles. The highest BCUT2D eigenvalue weighted by molar-refractivity contribution is 7.98. The molecule has 2 rings (SSSR count). The topological polar surface area (TPSA) is 90.4 Å². The summed E-state index contributed by atoms with van der Waals surface area (Å²) in [5, 5.41) is 3.08. The summed E-state index contributed by atoms with van der Waals surface area (Å²) in [6.07, 6.45) is 2.79. The molecule has 0 aliphatic carbocycles. The van der Waals surface area contributed by atoms with Crippen molar-refractivity contribution in [3.63, 3.8) is 0 Å². The van der Waals surface area contributed by atoms with Crippen LogP contribution in [-0.2, 0) is 26.3 Å². The number of esters is 1. The van der Waals surface area contributed by atoms with Gasteiger partial charge in [-0.2, -0.15) is 0 Å². The fourth-order valence-corrected chi connectivity index (χ4v) is 2.86. The zero-order valence-electron chi connectivity index (χ0n) is 16.7. The molecule has 7 nitrogen and oxygen atoms in total. The van der Waals surface area contributed by atoms with Crippen molar-refractivity contribution in [1.82, 2.24) is 15.3 Å². The van der Waals surface area contributed by atoms with Crippen LogP contribution in [0.5, 0.6) is 0 Å².